The Labute approximate surface area is 176 Å². The molecule has 2 aliphatic rings. The second kappa shape index (κ2) is 8.24. The van der Waals surface area contributed by atoms with E-state index < -0.39 is 0 Å². The fourth-order valence-electron chi connectivity index (χ4n) is 4.92. The molecule has 2 aromatic carbocycles. The van der Waals surface area contributed by atoms with Crippen LogP contribution in [-0.2, 0) is 19.5 Å². The SMILES string of the molecule is COc1cc2c(cc1OC)CN(C1CCCN(Cc3cccc4nonc34)C1)CC2. The largest absolute Gasteiger partial charge is 0.493 e. The predicted octanol–water partition coefficient (Wildman–Crippen LogP) is 3.26. The van der Waals surface area contributed by atoms with E-state index in [0.717, 1.165) is 61.7 Å². The predicted molar refractivity (Wildman–Crippen MR) is 114 cm³/mol. The lowest BCUT2D eigenvalue weighted by atomic mass is 9.95. The average molecular weight is 409 g/mol. The molecule has 7 nitrogen and oxygen atoms in total. The lowest BCUT2D eigenvalue weighted by molar-refractivity contribution is 0.0839. The summed E-state index contributed by atoms with van der Waals surface area (Å²) < 4.78 is 15.9. The van der Waals surface area contributed by atoms with Crippen LogP contribution >= 0.6 is 0 Å². The van der Waals surface area contributed by atoms with Crippen molar-refractivity contribution in [1.82, 2.24) is 20.1 Å². The van der Waals surface area contributed by atoms with Crippen LogP contribution in [0.1, 0.15) is 29.5 Å². The van der Waals surface area contributed by atoms with Crippen LogP contribution in [0, 0.1) is 0 Å². The molecule has 0 saturated carbocycles. The van der Waals surface area contributed by atoms with Crippen LogP contribution in [0.25, 0.3) is 11.0 Å². The molecule has 0 N–H and O–H groups in total. The third kappa shape index (κ3) is 3.63. The van der Waals surface area contributed by atoms with Gasteiger partial charge in [-0.25, -0.2) is 4.63 Å². The van der Waals surface area contributed by atoms with Crippen molar-refractivity contribution in [1.29, 1.82) is 0 Å². The molecule has 3 heterocycles. The fraction of sp³-hybridized carbons (Fsp3) is 0.478. The Hall–Kier alpha value is -2.64. The van der Waals surface area contributed by atoms with E-state index in [1.807, 2.05) is 12.1 Å². The maximum Gasteiger partial charge on any atom is 0.161 e. The second-order valence-corrected chi connectivity index (χ2v) is 8.28. The second-order valence-electron chi connectivity index (χ2n) is 8.28. The highest BCUT2D eigenvalue weighted by atomic mass is 16.6. The number of ether oxygens (including phenoxy) is 2. The number of benzene rings is 2. The number of hydrogen-bond donors (Lipinski definition) is 0. The summed E-state index contributed by atoms with van der Waals surface area (Å²) in [6.45, 7) is 5.14. The lowest BCUT2D eigenvalue weighted by Gasteiger charge is -2.41. The Morgan fingerprint density at radius 2 is 1.90 bits per heavy atom. The van der Waals surface area contributed by atoms with Gasteiger partial charge in [-0.2, -0.15) is 0 Å². The first kappa shape index (κ1) is 19.3. The molecule has 3 aromatic rings. The number of hydrogen-bond acceptors (Lipinski definition) is 7. The number of nitrogens with zero attached hydrogens (tertiary/aromatic N) is 4. The molecule has 1 fully saturated rings. The molecule has 1 aromatic heterocycles. The van der Waals surface area contributed by atoms with Gasteiger partial charge in [0.15, 0.2) is 11.5 Å². The smallest absolute Gasteiger partial charge is 0.161 e. The van der Waals surface area contributed by atoms with E-state index in [-0.39, 0.29) is 0 Å². The summed E-state index contributed by atoms with van der Waals surface area (Å²) in [5.41, 5.74) is 5.64. The van der Waals surface area contributed by atoms with Crippen LogP contribution in [0.2, 0.25) is 0 Å². The van der Waals surface area contributed by atoms with Gasteiger partial charge >= 0.3 is 0 Å². The third-order valence-corrected chi connectivity index (χ3v) is 6.51. The number of aromatic nitrogens is 2. The number of piperidine rings is 1. The molecule has 0 amide bonds. The van der Waals surface area contributed by atoms with E-state index in [1.54, 1.807) is 14.2 Å². The summed E-state index contributed by atoms with van der Waals surface area (Å²) in [5, 5.41) is 8.08. The Morgan fingerprint density at radius 1 is 1.07 bits per heavy atom. The maximum atomic E-state index is 5.52. The Morgan fingerprint density at radius 3 is 2.73 bits per heavy atom. The Bertz CT molecular complexity index is 1030. The minimum atomic E-state index is 0.564. The Kier molecular flexibility index (Phi) is 5.31. The van der Waals surface area contributed by atoms with Gasteiger partial charge in [-0.3, -0.25) is 9.80 Å². The summed E-state index contributed by atoms with van der Waals surface area (Å²) in [5.74, 6) is 1.64. The molecule has 5 rings (SSSR count). The van der Waals surface area contributed by atoms with Gasteiger partial charge in [0.25, 0.3) is 0 Å². The van der Waals surface area contributed by atoms with Crippen LogP contribution in [0.3, 0.4) is 0 Å². The standard InChI is InChI=1S/C23H28N4O3/c1-28-21-11-16-8-10-27(14-18(16)12-22(21)29-2)19-6-4-9-26(15-19)13-17-5-3-7-20-23(17)25-30-24-20/h3,5,7,11-12,19H,4,6,8-10,13-15H2,1-2H3. The molecule has 1 saturated heterocycles. The van der Waals surface area contributed by atoms with Crippen molar-refractivity contribution in [2.75, 3.05) is 33.9 Å². The van der Waals surface area contributed by atoms with Crippen molar-refractivity contribution in [3.63, 3.8) is 0 Å². The number of likely N-dealkylation sites (tertiary alicyclic amines) is 1. The molecule has 0 aliphatic carbocycles. The van der Waals surface area contributed by atoms with E-state index in [9.17, 15) is 0 Å². The van der Waals surface area contributed by atoms with Crippen LogP contribution in [0.15, 0.2) is 35.0 Å². The highest BCUT2D eigenvalue weighted by Gasteiger charge is 2.29. The van der Waals surface area contributed by atoms with Crippen molar-refractivity contribution in [3.8, 4) is 11.5 Å². The summed E-state index contributed by atoms with van der Waals surface area (Å²) in [6.07, 6.45) is 3.51. The van der Waals surface area contributed by atoms with Gasteiger partial charge in [-0.15, -0.1) is 0 Å². The minimum Gasteiger partial charge on any atom is -0.493 e. The molecule has 0 bridgehead atoms. The topological polar surface area (TPSA) is 63.9 Å². The Balaban J connectivity index is 1.29. The molecule has 7 heteroatoms. The van der Waals surface area contributed by atoms with Crippen molar-refractivity contribution in [2.45, 2.75) is 38.4 Å². The molecular formula is C23H28N4O3. The fourth-order valence-corrected chi connectivity index (χ4v) is 4.92. The van der Waals surface area contributed by atoms with E-state index in [0.29, 0.717) is 6.04 Å². The summed E-state index contributed by atoms with van der Waals surface area (Å²) in [6, 6.07) is 11.0. The van der Waals surface area contributed by atoms with Gasteiger partial charge in [0.05, 0.1) is 14.2 Å². The lowest BCUT2D eigenvalue weighted by Crippen LogP contribution is -2.49. The highest BCUT2D eigenvalue weighted by Crippen LogP contribution is 2.34. The first-order valence-electron chi connectivity index (χ1n) is 10.7. The molecule has 158 valence electrons. The number of fused-ring (bicyclic) bond motifs is 2. The first-order valence-corrected chi connectivity index (χ1v) is 10.7. The number of methoxy groups -OCH3 is 2. The van der Waals surface area contributed by atoms with Crippen LogP contribution in [-0.4, -0.2) is 60.0 Å². The zero-order valence-electron chi connectivity index (χ0n) is 17.6. The normalized spacial score (nSPS) is 20.3. The first-order chi connectivity index (χ1) is 14.7. The van der Waals surface area contributed by atoms with E-state index >= 15 is 0 Å². The van der Waals surface area contributed by atoms with Gasteiger partial charge in [-0.05, 0) is 71.0 Å². The molecule has 1 unspecified atom stereocenters. The highest BCUT2D eigenvalue weighted by molar-refractivity contribution is 5.76. The van der Waals surface area contributed by atoms with Crippen molar-refractivity contribution in [2.24, 2.45) is 0 Å². The van der Waals surface area contributed by atoms with E-state index in [1.165, 1.54) is 29.5 Å². The van der Waals surface area contributed by atoms with Gasteiger partial charge < -0.3 is 9.47 Å². The third-order valence-electron chi connectivity index (χ3n) is 6.51. The molecular weight excluding hydrogens is 380 g/mol. The zero-order valence-corrected chi connectivity index (χ0v) is 17.6. The molecule has 2 aliphatic heterocycles. The quantitative estimate of drug-likeness (QED) is 0.642. The molecule has 0 radical (unpaired) electrons. The van der Waals surface area contributed by atoms with Gasteiger partial charge in [0, 0.05) is 32.2 Å². The average Bonchev–Trinajstić information content (AvgIpc) is 3.28. The molecule has 0 spiro atoms. The monoisotopic (exact) mass is 408 g/mol. The van der Waals surface area contributed by atoms with Crippen molar-refractivity contribution < 1.29 is 14.1 Å². The van der Waals surface area contributed by atoms with Crippen molar-refractivity contribution >= 4 is 11.0 Å². The number of rotatable bonds is 5. The van der Waals surface area contributed by atoms with E-state index in [4.69, 9.17) is 14.1 Å². The maximum absolute atomic E-state index is 5.52. The molecule has 30 heavy (non-hydrogen) atoms. The van der Waals surface area contributed by atoms with Crippen LogP contribution < -0.4 is 9.47 Å². The summed E-state index contributed by atoms with van der Waals surface area (Å²) >= 11 is 0. The zero-order chi connectivity index (χ0) is 20.5. The summed E-state index contributed by atoms with van der Waals surface area (Å²) in [7, 11) is 3.40. The molecule has 1 atom stereocenters. The van der Waals surface area contributed by atoms with Gasteiger partial charge in [-0.1, -0.05) is 12.1 Å². The minimum absolute atomic E-state index is 0.564. The summed E-state index contributed by atoms with van der Waals surface area (Å²) in [4.78, 5) is 5.18. The van der Waals surface area contributed by atoms with E-state index in [2.05, 4.69) is 38.3 Å². The van der Waals surface area contributed by atoms with Gasteiger partial charge in [0.2, 0.25) is 0 Å². The van der Waals surface area contributed by atoms with Crippen molar-refractivity contribution in [3.05, 3.63) is 47.0 Å². The van der Waals surface area contributed by atoms with Gasteiger partial charge in [0.1, 0.15) is 11.0 Å². The van der Waals surface area contributed by atoms with Crippen LogP contribution in [0.5, 0.6) is 11.5 Å². The van der Waals surface area contributed by atoms with Crippen LogP contribution in [0.4, 0.5) is 0 Å².